The molecule has 17 heterocycles. The lowest BCUT2D eigenvalue weighted by Gasteiger charge is -2.05. The molecule has 17 aromatic heterocycles. The van der Waals surface area contributed by atoms with Crippen molar-refractivity contribution in [2.45, 2.75) is 145 Å². The molecule has 25 N–H and O–H groups in total. The Bertz CT molecular complexity index is 6620. The SMILES string of the molecule is CC1=CCc2ccnc(N)c21.CC1=Cc2c(ccnc2N)C1.CC1C=Cc2c1ccnc2N.CC1CCc2c1ccnc2N.CC1CCc2ccnc(N)c21.CC1Cc2cccc(N)c2C1.Cc1c[nH]c2c(N)nccc12.Cc1c[nH]c2c(N)nccc12.Cc1cc2ccncc2[nH]1.Cc1coc2c(N)nccc12.Cc1csc2c(N)nccc12.Cn1ccc2c(N)nccc21. The van der Waals surface area contributed by atoms with Gasteiger partial charge in [0.1, 0.15) is 52.4 Å². The molecular formula is C103H118N26OS. The topological polar surface area (TPSA) is 493 Å². The number of hydrogen-bond donors (Lipinski definition) is 14. The molecule has 0 saturated carbocycles. The number of H-pyrrole nitrogens is 3. The number of fused-ring (bicyclic) bond motifs is 12. The second-order valence-corrected chi connectivity index (χ2v) is 34.5. The van der Waals surface area contributed by atoms with Gasteiger partial charge in [-0.15, -0.1) is 11.3 Å². The molecule has 24 rings (SSSR count). The van der Waals surface area contributed by atoms with Gasteiger partial charge in [-0.05, 0) is 280 Å². The van der Waals surface area contributed by atoms with Gasteiger partial charge in [-0.3, -0.25) is 4.98 Å². The minimum atomic E-state index is 0.454. The first-order valence-electron chi connectivity index (χ1n) is 43.6. The molecule has 0 radical (unpaired) electrons. The molecule has 27 nitrogen and oxygen atoms in total. The van der Waals surface area contributed by atoms with Gasteiger partial charge in [-0.25, -0.2) is 49.8 Å². The number of anilines is 11. The van der Waals surface area contributed by atoms with E-state index >= 15 is 0 Å². The fourth-order valence-corrected chi connectivity index (χ4v) is 17.8. The maximum Gasteiger partial charge on any atom is 0.176 e. The van der Waals surface area contributed by atoms with Gasteiger partial charge in [0.15, 0.2) is 11.4 Å². The number of nitrogens with two attached hydrogens (primary N) is 11. The van der Waals surface area contributed by atoms with Gasteiger partial charge >= 0.3 is 0 Å². The molecular weight excluding hydrogens is 1650 g/mol. The number of aryl methyl sites for hydroxylation is 7. The van der Waals surface area contributed by atoms with E-state index in [1.807, 2.05) is 143 Å². The van der Waals surface area contributed by atoms with Gasteiger partial charge < -0.3 is 87.0 Å². The fraction of sp³-hybridized carbons (Fsp3) is 0.233. The lowest BCUT2D eigenvalue weighted by Crippen LogP contribution is -1.98. The summed E-state index contributed by atoms with van der Waals surface area (Å²) in [6.07, 6.45) is 46.3. The highest BCUT2D eigenvalue weighted by molar-refractivity contribution is 7.18. The summed E-state index contributed by atoms with van der Waals surface area (Å²) in [5, 5.41) is 8.92. The van der Waals surface area contributed by atoms with E-state index in [4.69, 9.17) is 67.5 Å². The van der Waals surface area contributed by atoms with E-state index in [2.05, 4.69) is 166 Å². The van der Waals surface area contributed by atoms with Crippen molar-refractivity contribution in [1.29, 1.82) is 0 Å². The van der Waals surface area contributed by atoms with Gasteiger partial charge in [0.05, 0.1) is 39.2 Å². The highest BCUT2D eigenvalue weighted by Crippen LogP contribution is 2.39. The van der Waals surface area contributed by atoms with Crippen molar-refractivity contribution < 1.29 is 4.42 Å². The highest BCUT2D eigenvalue weighted by Gasteiger charge is 2.24. The van der Waals surface area contributed by atoms with E-state index in [1.165, 1.54) is 126 Å². The third-order valence-electron chi connectivity index (χ3n) is 24.0. The second-order valence-electron chi connectivity index (χ2n) is 33.7. The molecule has 1 aromatic carbocycles. The van der Waals surface area contributed by atoms with Gasteiger partial charge in [-0.2, -0.15) is 0 Å². The van der Waals surface area contributed by atoms with Gasteiger partial charge in [-0.1, -0.05) is 69.7 Å². The summed E-state index contributed by atoms with van der Waals surface area (Å²) in [5.41, 5.74) is 92.3. The molecule has 0 bridgehead atoms. The van der Waals surface area contributed by atoms with Gasteiger partial charge in [0.2, 0.25) is 0 Å². The third kappa shape index (κ3) is 22.4. The van der Waals surface area contributed by atoms with Crippen LogP contribution < -0.4 is 63.1 Å². The molecule has 6 aliphatic rings. The summed E-state index contributed by atoms with van der Waals surface area (Å²) in [6.45, 7) is 23.2. The lowest BCUT2D eigenvalue weighted by atomic mass is 10.0. The van der Waals surface area contributed by atoms with Crippen LogP contribution in [0.3, 0.4) is 0 Å². The normalized spacial score (nSPS) is 14.9. The Labute approximate surface area is 767 Å². The average molecular weight is 1770 g/mol. The number of rotatable bonds is 0. The molecule has 4 unspecified atom stereocenters. The van der Waals surface area contributed by atoms with Gasteiger partial charge in [0, 0.05) is 166 Å². The van der Waals surface area contributed by atoms with Crippen LogP contribution in [0.5, 0.6) is 0 Å². The number of aromatic amines is 3. The smallest absolute Gasteiger partial charge is 0.176 e. The average Bonchev–Trinajstić information content (AvgIpc) is 1.73. The number of nitrogen functional groups attached to an aromatic ring is 11. The van der Waals surface area contributed by atoms with Crippen molar-refractivity contribution in [3.63, 3.8) is 0 Å². The van der Waals surface area contributed by atoms with Crippen LogP contribution in [0.4, 0.5) is 63.9 Å². The fourth-order valence-electron chi connectivity index (χ4n) is 16.9. The summed E-state index contributed by atoms with van der Waals surface area (Å²) in [6, 6.07) is 32.3. The van der Waals surface area contributed by atoms with E-state index in [0.717, 1.165) is 113 Å². The van der Waals surface area contributed by atoms with Crippen LogP contribution in [0, 0.1) is 40.5 Å². The van der Waals surface area contributed by atoms with Crippen molar-refractivity contribution in [2.24, 2.45) is 13.0 Å². The number of benzene rings is 1. The summed E-state index contributed by atoms with van der Waals surface area (Å²) in [7, 11) is 1.99. The van der Waals surface area contributed by atoms with Gasteiger partial charge in [0.25, 0.3) is 0 Å². The van der Waals surface area contributed by atoms with E-state index in [0.29, 0.717) is 69.9 Å². The van der Waals surface area contributed by atoms with Crippen LogP contribution in [0.25, 0.3) is 82.4 Å². The van der Waals surface area contributed by atoms with Crippen molar-refractivity contribution in [3.05, 3.63) is 314 Å². The predicted molar refractivity (Wildman–Crippen MR) is 545 cm³/mol. The summed E-state index contributed by atoms with van der Waals surface area (Å²) >= 11 is 1.65. The molecule has 0 aliphatic heterocycles. The number of thiophene rings is 1. The number of hydrogen-bond acceptors (Lipinski definition) is 24. The van der Waals surface area contributed by atoms with Crippen LogP contribution in [0.15, 0.2) is 224 Å². The molecule has 672 valence electrons. The Morgan fingerprint density at radius 1 is 0.473 bits per heavy atom. The summed E-state index contributed by atoms with van der Waals surface area (Å²) in [4.78, 5) is 53.4. The molecule has 0 amide bonds. The van der Waals surface area contributed by atoms with Crippen LogP contribution >= 0.6 is 11.3 Å². The minimum absolute atomic E-state index is 0.454. The van der Waals surface area contributed by atoms with E-state index in [1.54, 1.807) is 85.8 Å². The summed E-state index contributed by atoms with van der Waals surface area (Å²) in [5.74, 6) is 8.81. The van der Waals surface area contributed by atoms with Crippen LogP contribution in [-0.2, 0) is 45.6 Å². The first-order valence-corrected chi connectivity index (χ1v) is 44.5. The molecule has 4 atom stereocenters. The Kier molecular flexibility index (Phi) is 30.2. The Morgan fingerprint density at radius 3 is 1.68 bits per heavy atom. The van der Waals surface area contributed by atoms with Crippen LogP contribution in [0.1, 0.15) is 167 Å². The van der Waals surface area contributed by atoms with Crippen LogP contribution in [0.2, 0.25) is 0 Å². The van der Waals surface area contributed by atoms with Crippen molar-refractivity contribution in [3.8, 4) is 0 Å². The zero-order valence-electron chi connectivity index (χ0n) is 76.4. The third-order valence-corrected chi connectivity index (χ3v) is 25.2. The molecule has 0 fully saturated rings. The first kappa shape index (κ1) is 93.2. The molecule has 18 aromatic rings. The Morgan fingerprint density at radius 2 is 1.05 bits per heavy atom. The van der Waals surface area contributed by atoms with Crippen molar-refractivity contribution >= 4 is 158 Å². The maximum absolute atomic E-state index is 5.83. The highest BCUT2D eigenvalue weighted by atomic mass is 32.1. The number of nitrogens with zero attached hydrogens (tertiary/aromatic N) is 12. The summed E-state index contributed by atoms with van der Waals surface area (Å²) < 4.78 is 8.32. The number of furan rings is 1. The monoisotopic (exact) mass is 1770 g/mol. The number of aromatic nitrogens is 15. The first-order chi connectivity index (χ1) is 63.0. The van der Waals surface area contributed by atoms with E-state index in [9.17, 15) is 0 Å². The molecule has 0 saturated heterocycles. The Hall–Kier alpha value is -15.5. The maximum atomic E-state index is 5.83. The minimum Gasteiger partial charge on any atom is -0.460 e. The number of pyridine rings is 11. The van der Waals surface area contributed by atoms with E-state index in [-0.39, 0.29) is 0 Å². The lowest BCUT2D eigenvalue weighted by molar-refractivity contribution is 0.613. The van der Waals surface area contributed by atoms with E-state index < -0.39 is 0 Å². The standard InChI is InChI=1S/C10H13N.C9H10N2.C9H12N2.C9H10N2.C9H12N2.C9H10N2.3C8H9N3.C8H8N2O.C8H8N2S.C8H8N2/c1-7-5-8-3-2-4-10(11)9(8)6-7;1-6-4-7-2-3-11-9(10)8(7)5-6;2*1-6-2-3-8-7(6)4-5-11-9(8)10;2*1-6-2-3-7-4-5-11-9(10)8(6)7;1-11-5-3-6-7(11)2-4-10-8(6)9;4*1-5-4-11-7-6(5)2-3-10-8(7)9;1-6-4-7-2-3-9-5-8(7)10-6/h2-4,7H,5-6,11H2,1H3;2-3,5H,4H2,1H3,(H2,10,11);4-6H,2-3H2,1H3,(H2,10,11);2-6H,1H3,(H2,10,11);4-6H,2-3H2,1H3,(H2,10,11);2,4-5H,3H2,1H3,(H2,10,11);2-5H,1H3,(H2,9,10);2*2-4,11H,1H3,(H2,9,10);2*2-4H,1H3,(H2,9,10);2-5,10H,1H3. The largest absolute Gasteiger partial charge is 0.460 e. The second kappa shape index (κ2) is 42.4. The number of allylic oxidation sites excluding steroid dienone is 4. The molecule has 131 heavy (non-hydrogen) atoms. The number of nitrogens with one attached hydrogen (secondary N) is 3. The molecule has 28 heteroatoms. The van der Waals surface area contributed by atoms with Crippen molar-refractivity contribution in [1.82, 2.24) is 74.3 Å². The van der Waals surface area contributed by atoms with Crippen LogP contribution in [-0.4, -0.2) is 74.3 Å². The zero-order valence-corrected chi connectivity index (χ0v) is 77.2. The molecule has 6 aliphatic carbocycles. The predicted octanol–water partition coefficient (Wildman–Crippen LogP) is 20.3. The quantitative estimate of drug-likeness (QED) is 0.0627. The zero-order chi connectivity index (χ0) is 93.3. The Balaban J connectivity index is 0.000000122. The van der Waals surface area contributed by atoms with Crippen molar-refractivity contribution in [2.75, 3.05) is 63.1 Å². The molecule has 0 spiro atoms.